The highest BCUT2D eigenvalue weighted by Gasteiger charge is 2.12. The molecule has 5 rings (SSSR count). The minimum atomic E-state index is -0.643. The standard InChI is InChI=1S/C26H20F2N4OS/c1-32-10-8-17(15-32)20-7-9-29-23-5-3-16(11-21(20)23)18-12-24(26(33-2)30-14-18)31-34-25-6-4-19(27)13-22(25)28/h3-15,31H,1-2H3. The van der Waals surface area contributed by atoms with Crippen LogP contribution < -0.4 is 9.46 Å². The summed E-state index contributed by atoms with van der Waals surface area (Å²) in [7, 11) is 3.51. The number of methoxy groups -OCH3 is 1. The van der Waals surface area contributed by atoms with Gasteiger partial charge in [-0.2, -0.15) is 0 Å². The van der Waals surface area contributed by atoms with Gasteiger partial charge in [-0.3, -0.25) is 4.98 Å². The summed E-state index contributed by atoms with van der Waals surface area (Å²) in [5.41, 5.74) is 5.48. The van der Waals surface area contributed by atoms with Gasteiger partial charge in [0.1, 0.15) is 17.3 Å². The lowest BCUT2D eigenvalue weighted by Gasteiger charge is -2.13. The first-order valence-corrected chi connectivity index (χ1v) is 11.3. The summed E-state index contributed by atoms with van der Waals surface area (Å²) in [5.74, 6) is -0.897. The van der Waals surface area contributed by atoms with Crippen molar-refractivity contribution in [1.82, 2.24) is 14.5 Å². The van der Waals surface area contributed by atoms with E-state index in [1.165, 1.54) is 19.2 Å². The Labute approximate surface area is 199 Å². The molecule has 0 unspecified atom stereocenters. The molecule has 0 saturated carbocycles. The predicted molar refractivity (Wildman–Crippen MR) is 132 cm³/mol. The van der Waals surface area contributed by atoms with E-state index in [1.807, 2.05) is 48.3 Å². The average Bonchev–Trinajstić information content (AvgIpc) is 3.28. The Bertz CT molecular complexity index is 1500. The number of ether oxygens (including phenoxy) is 1. The third-order valence-electron chi connectivity index (χ3n) is 5.43. The Morgan fingerprint density at radius 1 is 0.941 bits per heavy atom. The minimum absolute atomic E-state index is 0.262. The molecule has 0 aliphatic rings. The number of aryl methyl sites for hydroxylation is 1. The van der Waals surface area contributed by atoms with E-state index in [4.69, 9.17) is 4.74 Å². The third kappa shape index (κ3) is 4.32. The third-order valence-corrected chi connectivity index (χ3v) is 6.30. The number of fused-ring (bicyclic) bond motifs is 1. The second kappa shape index (κ2) is 9.15. The van der Waals surface area contributed by atoms with Crippen LogP contribution >= 0.6 is 11.9 Å². The van der Waals surface area contributed by atoms with Crippen LogP contribution in [0.15, 0.2) is 84.3 Å². The molecule has 0 aliphatic carbocycles. The van der Waals surface area contributed by atoms with Crippen LogP contribution in [0.5, 0.6) is 5.88 Å². The Kier molecular flexibility index (Phi) is 5.90. The summed E-state index contributed by atoms with van der Waals surface area (Å²) in [6.45, 7) is 0. The molecule has 5 nitrogen and oxygen atoms in total. The molecule has 0 atom stereocenters. The Hall–Kier alpha value is -3.91. The minimum Gasteiger partial charge on any atom is -0.480 e. The molecule has 0 fully saturated rings. The lowest BCUT2D eigenvalue weighted by atomic mass is 9.99. The van der Waals surface area contributed by atoms with Gasteiger partial charge in [-0.25, -0.2) is 13.8 Å². The van der Waals surface area contributed by atoms with Crippen molar-refractivity contribution in [1.29, 1.82) is 0 Å². The maximum atomic E-state index is 14.1. The topological polar surface area (TPSA) is 52.0 Å². The SMILES string of the molecule is COc1ncc(-c2ccc3nccc(-c4ccn(C)c4)c3c2)cc1NSc1ccc(F)cc1F. The number of pyridine rings is 2. The molecule has 0 bridgehead atoms. The quantitative estimate of drug-likeness (QED) is 0.277. The average molecular weight is 475 g/mol. The van der Waals surface area contributed by atoms with E-state index in [0.29, 0.717) is 11.6 Å². The fourth-order valence-corrected chi connectivity index (χ4v) is 4.41. The molecule has 0 amide bonds. The maximum absolute atomic E-state index is 14.1. The van der Waals surface area contributed by atoms with Crippen molar-refractivity contribution < 1.29 is 13.5 Å². The zero-order valence-electron chi connectivity index (χ0n) is 18.4. The summed E-state index contributed by atoms with van der Waals surface area (Å²) in [5, 5.41) is 1.03. The molecule has 5 aromatic rings. The molecular weight excluding hydrogens is 454 g/mol. The zero-order chi connectivity index (χ0) is 23.7. The van der Waals surface area contributed by atoms with Gasteiger partial charge in [0.05, 0.1) is 17.5 Å². The number of hydrogen-bond donors (Lipinski definition) is 1. The van der Waals surface area contributed by atoms with Crippen LogP contribution in [-0.2, 0) is 7.05 Å². The predicted octanol–water partition coefficient (Wildman–Crippen LogP) is 6.71. The van der Waals surface area contributed by atoms with E-state index in [9.17, 15) is 8.78 Å². The largest absolute Gasteiger partial charge is 0.480 e. The first-order chi connectivity index (χ1) is 16.5. The van der Waals surface area contributed by atoms with Gasteiger partial charge < -0.3 is 14.0 Å². The molecule has 0 radical (unpaired) electrons. The second-order valence-electron chi connectivity index (χ2n) is 7.72. The molecule has 170 valence electrons. The smallest absolute Gasteiger partial charge is 0.237 e. The maximum Gasteiger partial charge on any atom is 0.237 e. The van der Waals surface area contributed by atoms with Crippen molar-refractivity contribution >= 4 is 28.5 Å². The number of hydrogen-bond acceptors (Lipinski definition) is 5. The van der Waals surface area contributed by atoms with Crippen LogP contribution in [0, 0.1) is 11.6 Å². The highest BCUT2D eigenvalue weighted by molar-refractivity contribution is 8.00. The molecule has 1 N–H and O–H groups in total. The fraction of sp³-hybridized carbons (Fsp3) is 0.0769. The molecular formula is C26H20F2N4OS. The molecule has 2 aromatic carbocycles. The first kappa shape index (κ1) is 21.9. The molecule has 3 aromatic heterocycles. The van der Waals surface area contributed by atoms with Crippen LogP contribution in [0.2, 0.25) is 0 Å². The van der Waals surface area contributed by atoms with Gasteiger partial charge in [-0.1, -0.05) is 6.07 Å². The molecule has 3 heterocycles. The van der Waals surface area contributed by atoms with Crippen molar-refractivity contribution in [2.75, 3.05) is 11.8 Å². The van der Waals surface area contributed by atoms with Gasteiger partial charge in [0.2, 0.25) is 5.88 Å². The number of anilines is 1. The highest BCUT2D eigenvalue weighted by atomic mass is 32.2. The molecule has 0 spiro atoms. The highest BCUT2D eigenvalue weighted by Crippen LogP contribution is 2.35. The van der Waals surface area contributed by atoms with Gasteiger partial charge in [0, 0.05) is 54.4 Å². The summed E-state index contributed by atoms with van der Waals surface area (Å²) in [6.07, 6.45) is 7.63. The fourth-order valence-electron chi connectivity index (χ4n) is 3.75. The summed E-state index contributed by atoms with van der Waals surface area (Å²) in [4.78, 5) is 9.19. The van der Waals surface area contributed by atoms with Crippen LogP contribution in [0.25, 0.3) is 33.2 Å². The van der Waals surface area contributed by atoms with E-state index in [0.717, 1.165) is 51.2 Å². The van der Waals surface area contributed by atoms with E-state index < -0.39 is 11.6 Å². The lowest BCUT2D eigenvalue weighted by molar-refractivity contribution is 0.400. The van der Waals surface area contributed by atoms with E-state index in [2.05, 4.69) is 33.0 Å². The van der Waals surface area contributed by atoms with Crippen molar-refractivity contribution in [2.45, 2.75) is 4.90 Å². The number of nitrogens with zero attached hydrogens (tertiary/aromatic N) is 3. The Morgan fingerprint density at radius 3 is 2.59 bits per heavy atom. The monoisotopic (exact) mass is 474 g/mol. The van der Waals surface area contributed by atoms with Crippen LogP contribution in [0.4, 0.5) is 14.5 Å². The van der Waals surface area contributed by atoms with Gasteiger partial charge in [0.15, 0.2) is 0 Å². The summed E-state index contributed by atoms with van der Waals surface area (Å²) >= 11 is 1.02. The van der Waals surface area contributed by atoms with Crippen molar-refractivity contribution in [3.8, 4) is 28.1 Å². The second-order valence-corrected chi connectivity index (χ2v) is 8.56. The Morgan fingerprint density at radius 2 is 1.82 bits per heavy atom. The van der Waals surface area contributed by atoms with Crippen LogP contribution in [-0.4, -0.2) is 21.6 Å². The molecule has 8 heteroatoms. The van der Waals surface area contributed by atoms with E-state index in [1.54, 1.807) is 6.20 Å². The van der Waals surface area contributed by atoms with Gasteiger partial charge in [-0.15, -0.1) is 0 Å². The van der Waals surface area contributed by atoms with E-state index >= 15 is 0 Å². The van der Waals surface area contributed by atoms with Crippen LogP contribution in [0.3, 0.4) is 0 Å². The van der Waals surface area contributed by atoms with Crippen molar-refractivity contribution in [3.63, 3.8) is 0 Å². The molecule has 0 saturated heterocycles. The van der Waals surface area contributed by atoms with Crippen molar-refractivity contribution in [2.24, 2.45) is 7.05 Å². The summed E-state index contributed by atoms with van der Waals surface area (Å²) in [6, 6.07) is 15.5. The first-order valence-electron chi connectivity index (χ1n) is 10.5. The van der Waals surface area contributed by atoms with E-state index in [-0.39, 0.29) is 4.90 Å². The summed E-state index contributed by atoms with van der Waals surface area (Å²) < 4.78 is 37.7. The number of rotatable bonds is 6. The Balaban J connectivity index is 1.51. The van der Waals surface area contributed by atoms with Gasteiger partial charge >= 0.3 is 0 Å². The van der Waals surface area contributed by atoms with Gasteiger partial charge in [0.25, 0.3) is 0 Å². The van der Waals surface area contributed by atoms with Gasteiger partial charge in [-0.05, 0) is 65.5 Å². The van der Waals surface area contributed by atoms with Crippen molar-refractivity contribution in [3.05, 3.63) is 91.0 Å². The molecule has 34 heavy (non-hydrogen) atoms. The normalized spacial score (nSPS) is 11.1. The lowest BCUT2D eigenvalue weighted by Crippen LogP contribution is -1.97. The van der Waals surface area contributed by atoms with Crippen LogP contribution in [0.1, 0.15) is 0 Å². The molecule has 0 aliphatic heterocycles. The number of halogens is 2. The zero-order valence-corrected chi connectivity index (χ0v) is 19.2. The number of benzene rings is 2. The number of aromatic nitrogens is 3. The number of nitrogens with one attached hydrogen (secondary N) is 1.